The lowest BCUT2D eigenvalue weighted by Gasteiger charge is -2.33. The first-order valence-electron chi connectivity index (χ1n) is 12.9. The maximum atomic E-state index is 14.4. The zero-order valence-corrected chi connectivity index (χ0v) is 22.3. The maximum absolute atomic E-state index is 14.4. The number of carbonyl (C=O) groups excluding carboxylic acids is 2. The van der Waals surface area contributed by atoms with Crippen molar-refractivity contribution in [2.45, 2.75) is 38.3 Å². The Morgan fingerprint density at radius 1 is 0.975 bits per heavy atom. The van der Waals surface area contributed by atoms with Gasteiger partial charge in [0.2, 0.25) is 11.8 Å². The molecular weight excluding hydrogens is 512 g/mol. The fourth-order valence-corrected chi connectivity index (χ4v) is 4.40. The second-order valence-corrected chi connectivity index (χ2v) is 8.99. The number of benzene rings is 3. The lowest BCUT2D eigenvalue weighted by molar-refractivity contribution is -0.525. The van der Waals surface area contributed by atoms with Crippen LogP contribution in [0, 0.1) is 10.1 Å². The van der Waals surface area contributed by atoms with Gasteiger partial charge in [0.1, 0.15) is 11.8 Å². The van der Waals surface area contributed by atoms with Crippen LogP contribution in [0.25, 0.3) is 0 Å². The SMILES string of the molecule is CCOc1ccc(CN(C(=O)C(c2ccccc2)c2ccccc2)[C@H](CCCN=C(N)N[N+](=O)[O-])C(N)=O)cc1. The number of nitrogens with two attached hydrogens (primary N) is 2. The maximum Gasteiger partial charge on any atom is 0.251 e. The molecule has 11 nitrogen and oxygen atoms in total. The van der Waals surface area contributed by atoms with E-state index >= 15 is 0 Å². The highest BCUT2D eigenvalue weighted by Gasteiger charge is 2.34. The Bertz CT molecular complexity index is 1250. The standard InChI is InChI=1S/C29H34N6O5/c1-2-40-24-17-15-21(16-18-24)20-34(25(27(30)36)14-9-19-32-29(31)33-35(38)39)28(37)26(22-10-5-3-6-11-22)23-12-7-4-8-13-23/h3-8,10-13,15-18,25-26H,2,9,14,19-20H2,1H3,(H2,30,36)(H3,31,32,33)/t25-/m1/s1. The summed E-state index contributed by atoms with van der Waals surface area (Å²) in [6, 6.07) is 25.1. The molecule has 1 atom stereocenters. The third kappa shape index (κ3) is 8.55. The summed E-state index contributed by atoms with van der Waals surface area (Å²) >= 11 is 0. The van der Waals surface area contributed by atoms with Crippen molar-refractivity contribution in [1.29, 1.82) is 0 Å². The van der Waals surface area contributed by atoms with Crippen molar-refractivity contribution in [3.8, 4) is 5.75 Å². The smallest absolute Gasteiger partial charge is 0.251 e. The number of hydrogen-bond donors (Lipinski definition) is 3. The van der Waals surface area contributed by atoms with E-state index in [1.165, 1.54) is 4.90 Å². The molecule has 0 heterocycles. The van der Waals surface area contributed by atoms with Gasteiger partial charge in [-0.1, -0.05) is 78.2 Å². The molecule has 3 rings (SSSR count). The number of hydrazine groups is 1. The third-order valence-electron chi connectivity index (χ3n) is 6.21. The average molecular weight is 547 g/mol. The minimum absolute atomic E-state index is 0.0995. The molecule has 0 aromatic heterocycles. The number of primary amides is 1. The van der Waals surface area contributed by atoms with Crippen molar-refractivity contribution in [3.05, 3.63) is 112 Å². The zero-order valence-electron chi connectivity index (χ0n) is 22.3. The molecule has 3 aromatic carbocycles. The molecule has 5 N–H and O–H groups in total. The van der Waals surface area contributed by atoms with Gasteiger partial charge >= 0.3 is 0 Å². The van der Waals surface area contributed by atoms with Crippen molar-refractivity contribution in [2.24, 2.45) is 16.5 Å². The van der Waals surface area contributed by atoms with E-state index in [-0.39, 0.29) is 31.4 Å². The number of rotatable bonds is 14. The molecule has 0 unspecified atom stereocenters. The van der Waals surface area contributed by atoms with Gasteiger partial charge in [-0.3, -0.25) is 9.59 Å². The van der Waals surface area contributed by atoms with Crippen LogP contribution in [0.5, 0.6) is 5.75 Å². The molecule has 11 heteroatoms. The predicted octanol–water partition coefficient (Wildman–Crippen LogP) is 2.98. The van der Waals surface area contributed by atoms with Crippen LogP contribution in [-0.4, -0.2) is 46.9 Å². The number of nitrogens with one attached hydrogen (secondary N) is 1. The Balaban J connectivity index is 1.96. The van der Waals surface area contributed by atoms with E-state index in [1.807, 2.05) is 91.9 Å². The summed E-state index contributed by atoms with van der Waals surface area (Å²) in [6.07, 6.45) is 0.492. The van der Waals surface area contributed by atoms with Crippen molar-refractivity contribution in [1.82, 2.24) is 10.3 Å². The number of aliphatic imine (C=N–C) groups is 1. The van der Waals surface area contributed by atoms with Crippen LogP contribution in [0.15, 0.2) is 89.9 Å². The fourth-order valence-electron chi connectivity index (χ4n) is 4.40. The molecule has 2 amide bonds. The van der Waals surface area contributed by atoms with E-state index in [0.29, 0.717) is 18.8 Å². The highest BCUT2D eigenvalue weighted by molar-refractivity contribution is 5.92. The van der Waals surface area contributed by atoms with Gasteiger partial charge in [0.15, 0.2) is 5.03 Å². The quantitative estimate of drug-likeness (QED) is 0.0919. The van der Waals surface area contributed by atoms with Gasteiger partial charge in [0.25, 0.3) is 5.96 Å². The summed E-state index contributed by atoms with van der Waals surface area (Å²) < 4.78 is 5.54. The van der Waals surface area contributed by atoms with Crippen LogP contribution < -0.4 is 21.6 Å². The summed E-state index contributed by atoms with van der Waals surface area (Å²) in [5.74, 6) is -1.28. The zero-order chi connectivity index (χ0) is 28.9. The molecule has 0 saturated heterocycles. The van der Waals surface area contributed by atoms with Crippen LogP contribution in [0.2, 0.25) is 0 Å². The molecule has 0 aliphatic carbocycles. The molecule has 0 bridgehead atoms. The summed E-state index contributed by atoms with van der Waals surface area (Å²) in [7, 11) is 0. The number of amides is 2. The normalized spacial score (nSPS) is 12.0. The van der Waals surface area contributed by atoms with E-state index < -0.39 is 22.9 Å². The highest BCUT2D eigenvalue weighted by atomic mass is 16.7. The van der Waals surface area contributed by atoms with Gasteiger partial charge in [-0.15, -0.1) is 0 Å². The van der Waals surface area contributed by atoms with Crippen LogP contribution in [0.4, 0.5) is 0 Å². The van der Waals surface area contributed by atoms with Crippen LogP contribution in [0.3, 0.4) is 0 Å². The number of nitro groups is 1. The van der Waals surface area contributed by atoms with Crippen LogP contribution in [-0.2, 0) is 16.1 Å². The number of guanidine groups is 1. The number of carbonyl (C=O) groups is 2. The third-order valence-corrected chi connectivity index (χ3v) is 6.21. The van der Waals surface area contributed by atoms with Gasteiger partial charge in [0.05, 0.1) is 12.5 Å². The van der Waals surface area contributed by atoms with E-state index in [4.69, 9.17) is 16.2 Å². The molecule has 0 radical (unpaired) electrons. The van der Waals surface area contributed by atoms with Crippen molar-refractivity contribution >= 4 is 17.8 Å². The Morgan fingerprint density at radius 2 is 1.55 bits per heavy atom. The monoisotopic (exact) mass is 546 g/mol. The van der Waals surface area contributed by atoms with Crippen molar-refractivity contribution in [2.75, 3.05) is 13.2 Å². The first-order chi connectivity index (χ1) is 19.3. The second kappa shape index (κ2) is 14.9. The van der Waals surface area contributed by atoms with E-state index in [2.05, 4.69) is 4.99 Å². The van der Waals surface area contributed by atoms with Gasteiger partial charge in [-0.25, -0.2) is 15.1 Å². The van der Waals surface area contributed by atoms with Crippen molar-refractivity contribution < 1.29 is 19.4 Å². The molecule has 0 fully saturated rings. The minimum atomic E-state index is -0.964. The summed E-state index contributed by atoms with van der Waals surface area (Å²) in [6.45, 7) is 2.64. The van der Waals surface area contributed by atoms with Crippen LogP contribution >= 0.6 is 0 Å². The molecular formula is C29H34N6O5. The molecule has 0 aliphatic heterocycles. The minimum Gasteiger partial charge on any atom is -0.494 e. The van der Waals surface area contributed by atoms with E-state index in [9.17, 15) is 19.7 Å². The van der Waals surface area contributed by atoms with Crippen molar-refractivity contribution in [3.63, 3.8) is 0 Å². The highest BCUT2D eigenvalue weighted by Crippen LogP contribution is 2.29. The Hall–Kier alpha value is -4.93. The first kappa shape index (κ1) is 29.6. The lowest BCUT2D eigenvalue weighted by atomic mass is 9.89. The molecule has 0 spiro atoms. The summed E-state index contributed by atoms with van der Waals surface area (Å²) in [5.41, 5.74) is 15.5. The molecule has 210 valence electrons. The molecule has 40 heavy (non-hydrogen) atoms. The lowest BCUT2D eigenvalue weighted by Crippen LogP contribution is -2.49. The average Bonchev–Trinajstić information content (AvgIpc) is 2.94. The largest absolute Gasteiger partial charge is 0.494 e. The summed E-state index contributed by atoms with van der Waals surface area (Å²) in [4.78, 5) is 43.1. The molecule has 0 saturated carbocycles. The van der Waals surface area contributed by atoms with Gasteiger partial charge < -0.3 is 21.1 Å². The van der Waals surface area contributed by atoms with Gasteiger partial charge in [0, 0.05) is 13.1 Å². The fraction of sp³-hybridized carbons (Fsp3) is 0.276. The summed E-state index contributed by atoms with van der Waals surface area (Å²) in [5, 5.41) is 9.74. The van der Waals surface area contributed by atoms with Crippen LogP contribution in [0.1, 0.15) is 42.4 Å². The second-order valence-electron chi connectivity index (χ2n) is 8.99. The van der Waals surface area contributed by atoms with E-state index in [1.54, 1.807) is 5.43 Å². The number of ether oxygens (including phenoxy) is 1. The number of hydrogen-bond acceptors (Lipinski definition) is 6. The Morgan fingerprint density at radius 3 is 2.05 bits per heavy atom. The predicted molar refractivity (Wildman–Crippen MR) is 152 cm³/mol. The Labute approximate surface area is 233 Å². The first-order valence-corrected chi connectivity index (χ1v) is 12.9. The molecule has 0 aliphatic rings. The van der Waals surface area contributed by atoms with Gasteiger partial charge in [-0.2, -0.15) is 0 Å². The topological polar surface area (TPSA) is 166 Å². The van der Waals surface area contributed by atoms with Gasteiger partial charge in [-0.05, 0) is 48.6 Å². The van der Waals surface area contributed by atoms with E-state index in [0.717, 1.165) is 16.7 Å². The molecule has 3 aromatic rings. The number of nitrogens with zero attached hydrogens (tertiary/aromatic N) is 3. The Kier molecular flexibility index (Phi) is 11.0.